The fourth-order valence-corrected chi connectivity index (χ4v) is 5.18. The van der Waals surface area contributed by atoms with Crippen molar-refractivity contribution in [3.05, 3.63) is 60.2 Å². The number of piperazine rings is 1. The van der Waals surface area contributed by atoms with Gasteiger partial charge in [-0.05, 0) is 50.2 Å². The minimum atomic E-state index is 0.559. The lowest BCUT2D eigenvalue weighted by Gasteiger charge is -2.36. The molecule has 1 N–H and O–H groups in total. The first-order valence-corrected chi connectivity index (χ1v) is 10.5. The lowest BCUT2D eigenvalue weighted by atomic mass is 9.88. The lowest BCUT2D eigenvalue weighted by Crippen LogP contribution is -2.45. The van der Waals surface area contributed by atoms with Gasteiger partial charge in [0.2, 0.25) is 0 Å². The fraction of sp³-hybridized carbons (Fsp3) is 0.360. The summed E-state index contributed by atoms with van der Waals surface area (Å²) in [5.41, 5.74) is 1.55. The second-order valence-corrected chi connectivity index (χ2v) is 8.49. The molecule has 2 nitrogen and oxygen atoms in total. The van der Waals surface area contributed by atoms with E-state index in [1.807, 2.05) is 0 Å². The van der Waals surface area contributed by atoms with E-state index in [9.17, 15) is 0 Å². The van der Waals surface area contributed by atoms with Crippen molar-refractivity contribution >= 4 is 32.3 Å². The van der Waals surface area contributed by atoms with Gasteiger partial charge in [0.25, 0.3) is 0 Å². The summed E-state index contributed by atoms with van der Waals surface area (Å²) in [7, 11) is 0. The van der Waals surface area contributed by atoms with Gasteiger partial charge in [0.05, 0.1) is 0 Å². The summed E-state index contributed by atoms with van der Waals surface area (Å²) in [4.78, 5) is 2.74. The highest BCUT2D eigenvalue weighted by Crippen LogP contribution is 2.44. The summed E-state index contributed by atoms with van der Waals surface area (Å²) < 4.78 is 0. The van der Waals surface area contributed by atoms with Gasteiger partial charge in [0.15, 0.2) is 0 Å². The van der Waals surface area contributed by atoms with Crippen LogP contribution in [0.5, 0.6) is 0 Å². The maximum atomic E-state index is 3.53. The molecule has 4 aromatic carbocycles. The van der Waals surface area contributed by atoms with Crippen LogP contribution in [-0.2, 0) is 0 Å². The van der Waals surface area contributed by atoms with Crippen LogP contribution in [0.4, 0.5) is 0 Å². The molecule has 0 amide bonds. The van der Waals surface area contributed by atoms with Crippen LogP contribution in [0.3, 0.4) is 0 Å². The van der Waals surface area contributed by atoms with Gasteiger partial charge in [-0.25, -0.2) is 0 Å². The van der Waals surface area contributed by atoms with E-state index in [-0.39, 0.29) is 0 Å². The molecule has 2 fully saturated rings. The van der Waals surface area contributed by atoms with Gasteiger partial charge in [-0.3, -0.25) is 4.90 Å². The molecule has 4 aromatic rings. The molecule has 1 aliphatic carbocycles. The second-order valence-electron chi connectivity index (χ2n) is 8.49. The van der Waals surface area contributed by atoms with Crippen molar-refractivity contribution in [2.24, 2.45) is 5.92 Å². The molecular formula is C25H26N2. The largest absolute Gasteiger partial charge is 0.314 e. The van der Waals surface area contributed by atoms with Crippen molar-refractivity contribution in [3.8, 4) is 0 Å². The molecule has 136 valence electrons. The van der Waals surface area contributed by atoms with E-state index < -0.39 is 0 Å². The van der Waals surface area contributed by atoms with Crippen LogP contribution in [0.2, 0.25) is 0 Å². The fourth-order valence-electron chi connectivity index (χ4n) is 5.18. The molecule has 1 atom stereocenters. The quantitative estimate of drug-likeness (QED) is 0.498. The normalized spacial score (nSPS) is 20.0. The van der Waals surface area contributed by atoms with Crippen molar-refractivity contribution in [1.29, 1.82) is 0 Å². The lowest BCUT2D eigenvalue weighted by molar-refractivity contribution is 0.161. The van der Waals surface area contributed by atoms with Crippen LogP contribution in [0, 0.1) is 5.92 Å². The van der Waals surface area contributed by atoms with Crippen molar-refractivity contribution in [3.63, 3.8) is 0 Å². The average molecular weight is 354 g/mol. The van der Waals surface area contributed by atoms with E-state index in [2.05, 4.69) is 64.8 Å². The topological polar surface area (TPSA) is 15.3 Å². The van der Waals surface area contributed by atoms with Crippen LogP contribution < -0.4 is 5.32 Å². The zero-order chi connectivity index (χ0) is 17.8. The van der Waals surface area contributed by atoms with Crippen molar-refractivity contribution in [2.45, 2.75) is 25.3 Å². The highest BCUT2D eigenvalue weighted by atomic mass is 15.2. The van der Waals surface area contributed by atoms with Crippen molar-refractivity contribution in [2.75, 3.05) is 26.2 Å². The van der Waals surface area contributed by atoms with E-state index in [1.54, 1.807) is 5.56 Å². The van der Waals surface area contributed by atoms with Crippen LogP contribution in [0.1, 0.15) is 30.9 Å². The Labute approximate surface area is 160 Å². The van der Waals surface area contributed by atoms with Gasteiger partial charge in [-0.2, -0.15) is 0 Å². The number of nitrogens with zero attached hydrogens (tertiary/aromatic N) is 1. The predicted octanol–water partition coefficient (Wildman–Crippen LogP) is 5.33. The summed E-state index contributed by atoms with van der Waals surface area (Å²) in [6.45, 7) is 4.57. The first-order valence-electron chi connectivity index (χ1n) is 10.5. The van der Waals surface area contributed by atoms with Gasteiger partial charge < -0.3 is 5.32 Å². The highest BCUT2D eigenvalue weighted by Gasteiger charge is 2.31. The number of benzene rings is 4. The molecule has 0 aromatic heterocycles. The second kappa shape index (κ2) is 6.19. The zero-order valence-corrected chi connectivity index (χ0v) is 15.7. The third-order valence-corrected chi connectivity index (χ3v) is 6.77. The van der Waals surface area contributed by atoms with E-state index in [0.717, 1.165) is 19.0 Å². The Balaban J connectivity index is 1.58. The van der Waals surface area contributed by atoms with Gasteiger partial charge >= 0.3 is 0 Å². The third-order valence-electron chi connectivity index (χ3n) is 6.77. The van der Waals surface area contributed by atoms with Gasteiger partial charge in [-0.1, -0.05) is 67.4 Å². The van der Waals surface area contributed by atoms with Crippen molar-refractivity contribution < 1.29 is 0 Å². The summed E-state index contributed by atoms with van der Waals surface area (Å²) >= 11 is 0. The van der Waals surface area contributed by atoms with Crippen LogP contribution in [0.15, 0.2) is 54.6 Å². The molecule has 0 radical (unpaired) electrons. The maximum absolute atomic E-state index is 3.53. The SMILES string of the molecule is c1cc2ccc3ccc([C@H](CC4CC4)N4CCNCC4)c4ccc(c1)c2c34. The molecule has 1 saturated heterocycles. The number of hydrogen-bond donors (Lipinski definition) is 1. The molecule has 6 rings (SSSR count). The molecule has 0 bridgehead atoms. The number of hydrogen-bond acceptors (Lipinski definition) is 2. The Kier molecular flexibility index (Phi) is 3.63. The molecule has 27 heavy (non-hydrogen) atoms. The van der Waals surface area contributed by atoms with E-state index in [4.69, 9.17) is 0 Å². The maximum Gasteiger partial charge on any atom is 0.0358 e. The molecule has 2 aliphatic rings. The molecule has 2 heteroatoms. The Hall–Kier alpha value is -2.16. The number of nitrogens with one attached hydrogen (secondary N) is 1. The Morgan fingerprint density at radius 1 is 0.815 bits per heavy atom. The first kappa shape index (κ1) is 15.9. The van der Waals surface area contributed by atoms with Crippen LogP contribution in [0.25, 0.3) is 32.3 Å². The molecule has 0 spiro atoms. The summed E-state index contributed by atoms with van der Waals surface area (Å²) in [5.74, 6) is 0.934. The predicted molar refractivity (Wildman–Crippen MR) is 115 cm³/mol. The molecule has 1 saturated carbocycles. The Bertz CT molecular complexity index is 1090. The standard InChI is InChI=1S/C25H26N2/c1-2-18-6-7-20-8-10-21(22-11-9-19(3-1)24(18)25(20)22)23(16-17-4-5-17)27-14-12-26-13-15-27/h1-3,6-11,17,23,26H,4-5,12-16H2/t23-/m0/s1. The summed E-state index contributed by atoms with van der Waals surface area (Å²) in [6.07, 6.45) is 4.17. The zero-order valence-electron chi connectivity index (χ0n) is 15.7. The molecule has 1 aliphatic heterocycles. The Morgan fingerprint density at radius 2 is 1.48 bits per heavy atom. The number of rotatable bonds is 4. The summed E-state index contributed by atoms with van der Waals surface area (Å²) in [6, 6.07) is 21.3. The minimum Gasteiger partial charge on any atom is -0.314 e. The van der Waals surface area contributed by atoms with Crippen molar-refractivity contribution in [1.82, 2.24) is 10.2 Å². The molecular weight excluding hydrogens is 328 g/mol. The third kappa shape index (κ3) is 2.62. The minimum absolute atomic E-state index is 0.559. The van der Waals surface area contributed by atoms with E-state index >= 15 is 0 Å². The van der Waals surface area contributed by atoms with Crippen LogP contribution >= 0.6 is 0 Å². The molecule has 0 unspecified atom stereocenters. The summed E-state index contributed by atoms with van der Waals surface area (Å²) in [5, 5.41) is 12.0. The van der Waals surface area contributed by atoms with E-state index in [1.165, 1.54) is 64.7 Å². The highest BCUT2D eigenvalue weighted by molar-refractivity contribution is 6.23. The average Bonchev–Trinajstić information content (AvgIpc) is 3.55. The monoisotopic (exact) mass is 354 g/mol. The smallest absolute Gasteiger partial charge is 0.0358 e. The van der Waals surface area contributed by atoms with Gasteiger partial charge in [0, 0.05) is 32.2 Å². The molecule has 1 heterocycles. The van der Waals surface area contributed by atoms with E-state index in [0.29, 0.717) is 6.04 Å². The van der Waals surface area contributed by atoms with Gasteiger partial charge in [0.1, 0.15) is 0 Å². The first-order chi connectivity index (χ1) is 13.4. The van der Waals surface area contributed by atoms with Gasteiger partial charge in [-0.15, -0.1) is 0 Å². The Morgan fingerprint density at radius 3 is 2.22 bits per heavy atom. The van der Waals surface area contributed by atoms with Crippen LogP contribution in [-0.4, -0.2) is 31.1 Å².